The average Bonchev–Trinajstić information content (AvgIpc) is 3.41. The molecule has 8 heteroatoms. The van der Waals surface area contributed by atoms with Crippen LogP contribution in [0, 0.1) is 0 Å². The first-order valence-corrected chi connectivity index (χ1v) is 8.94. The highest BCUT2D eigenvalue weighted by Crippen LogP contribution is 2.35. The molecule has 8 nitrogen and oxygen atoms in total. The number of hydrogen-bond donors (Lipinski definition) is 2. The summed E-state index contributed by atoms with van der Waals surface area (Å²) in [7, 11) is 0. The Balaban J connectivity index is 1.78. The molecule has 0 radical (unpaired) electrons. The van der Waals surface area contributed by atoms with E-state index in [0.29, 0.717) is 13.2 Å². The third-order valence-corrected chi connectivity index (χ3v) is 4.94. The molecule has 5 heterocycles. The number of nitrogens with zero attached hydrogens (tertiary/aromatic N) is 5. The van der Waals surface area contributed by atoms with E-state index in [0.717, 1.165) is 45.8 Å². The Hall–Kier alpha value is -3.26. The van der Waals surface area contributed by atoms with Gasteiger partial charge in [-0.05, 0) is 30.7 Å². The van der Waals surface area contributed by atoms with Gasteiger partial charge in [0.15, 0.2) is 0 Å². The van der Waals surface area contributed by atoms with E-state index < -0.39 is 0 Å². The largest absolute Gasteiger partial charge is 0.377 e. The van der Waals surface area contributed by atoms with Crippen LogP contribution in [-0.2, 0) is 4.74 Å². The van der Waals surface area contributed by atoms with Crippen LogP contribution in [0.5, 0.6) is 0 Å². The number of aromatic nitrogens is 6. The van der Waals surface area contributed by atoms with Crippen LogP contribution in [0.2, 0.25) is 0 Å². The third kappa shape index (κ3) is 2.74. The van der Waals surface area contributed by atoms with E-state index in [1.165, 1.54) is 0 Å². The maximum absolute atomic E-state index is 5.60. The Morgan fingerprint density at radius 1 is 1.22 bits per heavy atom. The molecule has 0 saturated carbocycles. The maximum Gasteiger partial charge on any atom is 0.130 e. The molecule has 4 aromatic heterocycles. The van der Waals surface area contributed by atoms with Crippen molar-refractivity contribution in [2.45, 2.75) is 13.0 Å². The van der Waals surface area contributed by atoms with Crippen molar-refractivity contribution in [3.8, 4) is 22.5 Å². The fraction of sp³-hybridized carbons (Fsp3) is 0.263. The molecule has 0 amide bonds. The second kappa shape index (κ2) is 6.48. The molecule has 2 N–H and O–H groups in total. The highest BCUT2D eigenvalue weighted by molar-refractivity contribution is 6.01. The predicted molar refractivity (Wildman–Crippen MR) is 102 cm³/mol. The van der Waals surface area contributed by atoms with Crippen LogP contribution in [0.3, 0.4) is 0 Å². The van der Waals surface area contributed by atoms with Gasteiger partial charge in [-0.3, -0.25) is 15.2 Å². The van der Waals surface area contributed by atoms with E-state index in [1.54, 1.807) is 12.4 Å². The van der Waals surface area contributed by atoms with Crippen molar-refractivity contribution in [1.29, 1.82) is 0 Å². The maximum atomic E-state index is 5.60. The second-order valence-corrected chi connectivity index (χ2v) is 6.66. The fourth-order valence-corrected chi connectivity index (χ4v) is 3.57. The van der Waals surface area contributed by atoms with E-state index in [4.69, 9.17) is 9.72 Å². The first-order chi connectivity index (χ1) is 13.3. The summed E-state index contributed by atoms with van der Waals surface area (Å²) in [6.45, 7) is 4.36. The first-order valence-electron chi connectivity index (χ1n) is 8.94. The van der Waals surface area contributed by atoms with Crippen molar-refractivity contribution in [2.75, 3.05) is 24.7 Å². The van der Waals surface area contributed by atoms with Crippen molar-refractivity contribution < 1.29 is 4.74 Å². The number of morpholine rings is 1. The van der Waals surface area contributed by atoms with Crippen LogP contribution in [0.15, 0.2) is 43.0 Å². The molecule has 5 rings (SSSR count). The Morgan fingerprint density at radius 3 is 2.96 bits per heavy atom. The van der Waals surface area contributed by atoms with Gasteiger partial charge in [0.05, 0.1) is 31.1 Å². The lowest BCUT2D eigenvalue weighted by Crippen LogP contribution is -2.44. The highest BCUT2D eigenvalue weighted by Gasteiger charge is 2.23. The molecule has 0 aliphatic carbocycles. The Labute approximate surface area is 155 Å². The molecule has 0 spiro atoms. The SMILES string of the molecule is C[C@@H]1COCCN1c1cc(-c2cn[nH]c2)c2ccnc(-c3ccn[nH]3)c2n1. The number of fused-ring (bicyclic) bond motifs is 1. The van der Waals surface area contributed by atoms with E-state index in [2.05, 4.69) is 43.3 Å². The molecule has 27 heavy (non-hydrogen) atoms. The van der Waals surface area contributed by atoms with E-state index >= 15 is 0 Å². The van der Waals surface area contributed by atoms with Gasteiger partial charge in [-0.1, -0.05) is 0 Å². The average molecular weight is 361 g/mol. The summed E-state index contributed by atoms with van der Waals surface area (Å²) in [5.74, 6) is 0.920. The number of ether oxygens (including phenoxy) is 1. The molecule has 136 valence electrons. The van der Waals surface area contributed by atoms with E-state index in [9.17, 15) is 0 Å². The summed E-state index contributed by atoms with van der Waals surface area (Å²) in [6, 6.07) is 6.29. The lowest BCUT2D eigenvalue weighted by atomic mass is 10.0. The number of hydrogen-bond acceptors (Lipinski definition) is 6. The van der Waals surface area contributed by atoms with Gasteiger partial charge >= 0.3 is 0 Å². The van der Waals surface area contributed by atoms with Crippen molar-refractivity contribution in [3.63, 3.8) is 0 Å². The topological polar surface area (TPSA) is 95.6 Å². The zero-order chi connectivity index (χ0) is 18.2. The molecule has 0 bridgehead atoms. The summed E-state index contributed by atoms with van der Waals surface area (Å²) in [6.07, 6.45) is 7.26. The molecule has 0 aromatic carbocycles. The summed E-state index contributed by atoms with van der Waals surface area (Å²) in [5, 5.41) is 15.1. The zero-order valence-corrected chi connectivity index (χ0v) is 14.9. The van der Waals surface area contributed by atoms with Crippen LogP contribution in [0.25, 0.3) is 33.4 Å². The minimum absolute atomic E-state index is 0.258. The lowest BCUT2D eigenvalue weighted by Gasteiger charge is -2.34. The van der Waals surface area contributed by atoms with Gasteiger partial charge in [0.2, 0.25) is 0 Å². The van der Waals surface area contributed by atoms with Gasteiger partial charge in [-0.25, -0.2) is 4.98 Å². The fourth-order valence-electron chi connectivity index (χ4n) is 3.57. The minimum atomic E-state index is 0.258. The van der Waals surface area contributed by atoms with Crippen molar-refractivity contribution in [2.24, 2.45) is 0 Å². The van der Waals surface area contributed by atoms with Gasteiger partial charge in [-0.15, -0.1) is 0 Å². The van der Waals surface area contributed by atoms with Gasteiger partial charge in [-0.2, -0.15) is 10.2 Å². The monoisotopic (exact) mass is 361 g/mol. The first kappa shape index (κ1) is 16.0. The number of rotatable bonds is 3. The molecule has 1 aliphatic rings. The molecule has 4 aromatic rings. The summed E-state index contributed by atoms with van der Waals surface area (Å²) in [5.41, 5.74) is 4.57. The summed E-state index contributed by atoms with van der Waals surface area (Å²) in [4.78, 5) is 11.9. The molecule has 1 aliphatic heterocycles. The van der Waals surface area contributed by atoms with Crippen molar-refractivity contribution in [3.05, 3.63) is 43.0 Å². The predicted octanol–water partition coefficient (Wildman–Crippen LogP) is 2.64. The standard InChI is InChI=1S/C19H19N7O/c1-12-11-27-7-6-26(12)17-8-15(13-9-22-23-10-13)14-2-4-20-19(18(14)24-17)16-3-5-21-25-16/h2-5,8-10,12H,6-7,11H2,1H3,(H,21,25)(H,22,23)/t12-/m1/s1. The Morgan fingerprint density at radius 2 is 2.19 bits per heavy atom. The number of aromatic amines is 2. The highest BCUT2D eigenvalue weighted by atomic mass is 16.5. The zero-order valence-electron chi connectivity index (χ0n) is 14.9. The van der Waals surface area contributed by atoms with Gasteiger partial charge in [0, 0.05) is 36.1 Å². The van der Waals surface area contributed by atoms with Gasteiger partial charge in [0.25, 0.3) is 0 Å². The summed E-state index contributed by atoms with van der Waals surface area (Å²) < 4.78 is 5.60. The van der Waals surface area contributed by atoms with Crippen LogP contribution >= 0.6 is 0 Å². The number of pyridine rings is 2. The minimum Gasteiger partial charge on any atom is -0.377 e. The van der Waals surface area contributed by atoms with Crippen LogP contribution in [0.4, 0.5) is 5.82 Å². The molecule has 1 atom stereocenters. The second-order valence-electron chi connectivity index (χ2n) is 6.66. The Bertz CT molecular complexity index is 1060. The Kier molecular flexibility index (Phi) is 3.83. The van der Waals surface area contributed by atoms with Crippen LogP contribution in [-0.4, -0.2) is 56.2 Å². The number of anilines is 1. The quantitative estimate of drug-likeness (QED) is 0.582. The van der Waals surface area contributed by atoms with Gasteiger partial charge in [0.1, 0.15) is 17.0 Å². The van der Waals surface area contributed by atoms with E-state index in [1.807, 2.05) is 24.5 Å². The molecular weight excluding hydrogens is 342 g/mol. The normalized spacial score (nSPS) is 17.5. The molecule has 1 saturated heterocycles. The van der Waals surface area contributed by atoms with Gasteiger partial charge < -0.3 is 9.64 Å². The molecule has 1 fully saturated rings. The van der Waals surface area contributed by atoms with Crippen molar-refractivity contribution >= 4 is 16.7 Å². The molecule has 0 unspecified atom stereocenters. The third-order valence-electron chi connectivity index (χ3n) is 4.94. The summed E-state index contributed by atoms with van der Waals surface area (Å²) >= 11 is 0. The number of H-pyrrole nitrogens is 2. The van der Waals surface area contributed by atoms with Crippen LogP contribution < -0.4 is 4.90 Å². The van der Waals surface area contributed by atoms with E-state index in [-0.39, 0.29) is 6.04 Å². The van der Waals surface area contributed by atoms with Crippen molar-refractivity contribution in [1.82, 2.24) is 30.4 Å². The number of nitrogens with one attached hydrogen (secondary N) is 2. The lowest BCUT2D eigenvalue weighted by molar-refractivity contribution is 0.0986. The molecular formula is C19H19N7O. The smallest absolute Gasteiger partial charge is 0.130 e. The van der Waals surface area contributed by atoms with Crippen LogP contribution in [0.1, 0.15) is 6.92 Å².